The first-order chi connectivity index (χ1) is 8.31. The molecule has 0 atom stereocenters. The zero-order valence-electron chi connectivity index (χ0n) is 11.1. The quantitative estimate of drug-likeness (QED) is 0.881. The molecule has 0 bridgehead atoms. The third-order valence-electron chi connectivity index (χ3n) is 2.29. The predicted molar refractivity (Wildman–Crippen MR) is 66.2 cm³/mol. The molecule has 0 heterocycles. The topological polar surface area (TPSA) is 30.5 Å². The average molecular weight is 259 g/mol. The maximum Gasteiger partial charge on any atom is 0.387 e. The first-order valence-corrected chi connectivity index (χ1v) is 5.68. The van der Waals surface area contributed by atoms with Crippen molar-refractivity contribution in [2.75, 3.05) is 7.11 Å². The van der Waals surface area contributed by atoms with Crippen molar-refractivity contribution in [2.45, 2.75) is 39.5 Å². The second-order valence-corrected chi connectivity index (χ2v) is 4.96. The van der Waals surface area contributed by atoms with Crippen LogP contribution < -0.4 is 14.8 Å². The Morgan fingerprint density at radius 2 is 1.94 bits per heavy atom. The van der Waals surface area contributed by atoms with Gasteiger partial charge in [-0.05, 0) is 39.0 Å². The Hall–Kier alpha value is -1.36. The second-order valence-electron chi connectivity index (χ2n) is 4.96. The van der Waals surface area contributed by atoms with Crippen LogP contribution in [0.25, 0.3) is 0 Å². The fourth-order valence-corrected chi connectivity index (χ4v) is 1.39. The number of hydrogen-bond donors (Lipinski definition) is 1. The SMILES string of the molecule is COc1ccc(OC(F)F)c(CNC(C)(C)C)c1. The van der Waals surface area contributed by atoms with Crippen molar-refractivity contribution < 1.29 is 18.3 Å². The molecule has 1 aromatic carbocycles. The van der Waals surface area contributed by atoms with Crippen LogP contribution in [0.2, 0.25) is 0 Å². The highest BCUT2D eigenvalue weighted by atomic mass is 19.3. The van der Waals surface area contributed by atoms with Crippen LogP contribution in [-0.4, -0.2) is 19.3 Å². The van der Waals surface area contributed by atoms with Crippen molar-refractivity contribution in [3.05, 3.63) is 23.8 Å². The maximum atomic E-state index is 12.3. The van der Waals surface area contributed by atoms with E-state index in [0.29, 0.717) is 17.9 Å². The lowest BCUT2D eigenvalue weighted by atomic mass is 10.1. The van der Waals surface area contributed by atoms with Gasteiger partial charge in [0.05, 0.1) is 7.11 Å². The number of ether oxygens (including phenoxy) is 2. The molecule has 0 saturated carbocycles. The monoisotopic (exact) mass is 259 g/mol. The van der Waals surface area contributed by atoms with Crippen molar-refractivity contribution in [2.24, 2.45) is 0 Å². The van der Waals surface area contributed by atoms with Crippen molar-refractivity contribution in [3.63, 3.8) is 0 Å². The molecule has 0 unspecified atom stereocenters. The summed E-state index contributed by atoms with van der Waals surface area (Å²) in [5.74, 6) is 0.782. The molecule has 0 aromatic heterocycles. The van der Waals surface area contributed by atoms with Crippen LogP contribution in [0.1, 0.15) is 26.3 Å². The summed E-state index contributed by atoms with van der Waals surface area (Å²) in [5.41, 5.74) is 0.537. The maximum absolute atomic E-state index is 12.3. The fraction of sp³-hybridized carbons (Fsp3) is 0.538. The number of hydrogen-bond acceptors (Lipinski definition) is 3. The summed E-state index contributed by atoms with van der Waals surface area (Å²) >= 11 is 0. The lowest BCUT2D eigenvalue weighted by Gasteiger charge is -2.22. The molecule has 0 saturated heterocycles. The van der Waals surface area contributed by atoms with Crippen LogP contribution in [0.3, 0.4) is 0 Å². The van der Waals surface area contributed by atoms with Crippen molar-refractivity contribution in [1.82, 2.24) is 5.32 Å². The molecule has 18 heavy (non-hydrogen) atoms. The third-order valence-corrected chi connectivity index (χ3v) is 2.29. The zero-order chi connectivity index (χ0) is 13.8. The van der Waals surface area contributed by atoms with E-state index in [0.717, 1.165) is 0 Å². The van der Waals surface area contributed by atoms with Crippen LogP contribution in [0.15, 0.2) is 18.2 Å². The van der Waals surface area contributed by atoms with Crippen LogP contribution in [-0.2, 0) is 6.54 Å². The van der Waals surface area contributed by atoms with Crippen LogP contribution >= 0.6 is 0 Å². The Bertz CT molecular complexity index is 389. The van der Waals surface area contributed by atoms with Crippen molar-refractivity contribution in [1.29, 1.82) is 0 Å². The molecule has 0 radical (unpaired) electrons. The van der Waals surface area contributed by atoms with Gasteiger partial charge in [0.1, 0.15) is 11.5 Å². The highest BCUT2D eigenvalue weighted by molar-refractivity contribution is 5.40. The molecule has 0 fully saturated rings. The Kier molecular flexibility index (Phi) is 4.90. The van der Waals surface area contributed by atoms with Gasteiger partial charge in [0.15, 0.2) is 0 Å². The summed E-state index contributed by atoms with van der Waals surface area (Å²) in [6.45, 7) is 3.61. The molecule has 3 nitrogen and oxygen atoms in total. The summed E-state index contributed by atoms with van der Waals surface area (Å²) in [7, 11) is 1.53. The predicted octanol–water partition coefficient (Wildman–Crippen LogP) is 3.18. The minimum absolute atomic E-state index is 0.106. The first-order valence-electron chi connectivity index (χ1n) is 5.68. The van der Waals surface area contributed by atoms with Crippen molar-refractivity contribution in [3.8, 4) is 11.5 Å². The normalized spacial score (nSPS) is 11.7. The molecule has 0 amide bonds. The van der Waals surface area contributed by atoms with Gasteiger partial charge in [0, 0.05) is 17.6 Å². The average Bonchev–Trinajstić information content (AvgIpc) is 2.26. The summed E-state index contributed by atoms with van der Waals surface area (Å²) in [5, 5.41) is 3.22. The largest absolute Gasteiger partial charge is 0.497 e. The number of nitrogens with one attached hydrogen (secondary N) is 1. The lowest BCUT2D eigenvalue weighted by Crippen LogP contribution is -2.35. The zero-order valence-corrected chi connectivity index (χ0v) is 11.1. The van der Waals surface area contributed by atoms with E-state index in [4.69, 9.17) is 4.74 Å². The van der Waals surface area contributed by atoms with Crippen LogP contribution in [0.5, 0.6) is 11.5 Å². The van der Waals surface area contributed by atoms with E-state index in [1.165, 1.54) is 13.2 Å². The van der Waals surface area contributed by atoms with Gasteiger partial charge in [-0.15, -0.1) is 0 Å². The summed E-state index contributed by atoms with van der Waals surface area (Å²) < 4.78 is 34.1. The van der Waals surface area contributed by atoms with Gasteiger partial charge >= 0.3 is 6.61 Å². The Labute approximate surface area is 106 Å². The molecule has 0 spiro atoms. The number of benzene rings is 1. The van der Waals surface area contributed by atoms with Crippen LogP contribution in [0, 0.1) is 0 Å². The van der Waals surface area contributed by atoms with Gasteiger partial charge in [-0.1, -0.05) is 0 Å². The summed E-state index contributed by atoms with van der Waals surface area (Å²) in [6.07, 6.45) is 0. The van der Waals surface area contributed by atoms with E-state index in [9.17, 15) is 8.78 Å². The Morgan fingerprint density at radius 3 is 2.44 bits per heavy atom. The second kappa shape index (κ2) is 6.00. The molecular weight excluding hydrogens is 240 g/mol. The first kappa shape index (κ1) is 14.7. The standard InChI is InChI=1S/C13H19F2NO2/c1-13(2,3)16-8-9-7-10(17-4)5-6-11(9)18-12(14)15/h5-7,12,16H,8H2,1-4H3. The van der Waals surface area contributed by atoms with E-state index >= 15 is 0 Å². The number of halogens is 2. The fourth-order valence-electron chi connectivity index (χ4n) is 1.39. The van der Waals surface area contributed by atoms with E-state index in [-0.39, 0.29) is 11.3 Å². The smallest absolute Gasteiger partial charge is 0.387 e. The van der Waals surface area contributed by atoms with Gasteiger partial charge in [-0.3, -0.25) is 0 Å². The van der Waals surface area contributed by atoms with Gasteiger partial charge in [0.25, 0.3) is 0 Å². The highest BCUT2D eigenvalue weighted by Crippen LogP contribution is 2.26. The minimum Gasteiger partial charge on any atom is -0.497 e. The molecule has 102 valence electrons. The molecule has 0 aliphatic heterocycles. The highest BCUT2D eigenvalue weighted by Gasteiger charge is 2.14. The van der Waals surface area contributed by atoms with E-state index in [1.54, 1.807) is 12.1 Å². The summed E-state index contributed by atoms with van der Waals surface area (Å²) in [4.78, 5) is 0. The van der Waals surface area contributed by atoms with Gasteiger partial charge in [0.2, 0.25) is 0 Å². The van der Waals surface area contributed by atoms with Gasteiger partial charge < -0.3 is 14.8 Å². The molecule has 0 aliphatic rings. The third kappa shape index (κ3) is 4.87. The van der Waals surface area contributed by atoms with E-state index in [2.05, 4.69) is 10.1 Å². The number of rotatable bonds is 5. The molecule has 1 N–H and O–H groups in total. The Morgan fingerprint density at radius 1 is 1.28 bits per heavy atom. The lowest BCUT2D eigenvalue weighted by molar-refractivity contribution is -0.0505. The van der Waals surface area contributed by atoms with E-state index in [1.807, 2.05) is 20.8 Å². The number of methoxy groups -OCH3 is 1. The number of alkyl halides is 2. The molecule has 5 heteroatoms. The molecule has 1 rings (SSSR count). The van der Waals surface area contributed by atoms with Gasteiger partial charge in [-0.25, -0.2) is 0 Å². The van der Waals surface area contributed by atoms with E-state index < -0.39 is 6.61 Å². The summed E-state index contributed by atoms with van der Waals surface area (Å²) in [6, 6.07) is 4.78. The molecular formula is C13H19F2NO2. The molecule has 0 aliphatic carbocycles. The van der Waals surface area contributed by atoms with Gasteiger partial charge in [-0.2, -0.15) is 8.78 Å². The minimum atomic E-state index is -2.83. The van der Waals surface area contributed by atoms with Crippen molar-refractivity contribution >= 4 is 0 Å². The Balaban J connectivity index is 2.89. The van der Waals surface area contributed by atoms with Crippen LogP contribution in [0.4, 0.5) is 8.78 Å². The molecule has 1 aromatic rings.